The zero-order valence-corrected chi connectivity index (χ0v) is 15.8. The normalized spacial score (nSPS) is 26.8. The molecule has 0 radical (unpaired) electrons. The smallest absolute Gasteiger partial charge is 0.259 e. The zero-order chi connectivity index (χ0) is 18.4. The molecule has 1 N–H and O–H groups in total. The highest BCUT2D eigenvalue weighted by Crippen LogP contribution is 2.35. The number of piperidine rings is 1. The lowest BCUT2D eigenvalue weighted by Gasteiger charge is -2.44. The van der Waals surface area contributed by atoms with E-state index in [9.17, 15) is 9.59 Å². The van der Waals surface area contributed by atoms with Crippen molar-refractivity contribution in [3.05, 3.63) is 17.0 Å². The summed E-state index contributed by atoms with van der Waals surface area (Å²) >= 11 is 0. The summed E-state index contributed by atoms with van der Waals surface area (Å²) in [5.41, 5.74) is 0.928. The first kappa shape index (κ1) is 17.9. The highest BCUT2D eigenvalue weighted by atomic mass is 16.5. The molecule has 0 unspecified atom stereocenters. The molecule has 138 valence electrons. The minimum Gasteiger partial charge on any atom is -0.361 e. The maximum absolute atomic E-state index is 13.2. The van der Waals surface area contributed by atoms with E-state index < -0.39 is 0 Å². The minimum atomic E-state index is -0.364. The topological polar surface area (TPSA) is 78.7 Å². The van der Waals surface area contributed by atoms with Crippen molar-refractivity contribution in [3.8, 4) is 0 Å². The number of carbonyl (C=O) groups is 2. The molecule has 1 aromatic heterocycles. The van der Waals surface area contributed by atoms with Gasteiger partial charge in [0.25, 0.3) is 5.91 Å². The van der Waals surface area contributed by atoms with Gasteiger partial charge in [-0.25, -0.2) is 0 Å². The number of rotatable bonds is 3. The van der Waals surface area contributed by atoms with Crippen molar-refractivity contribution in [1.82, 2.24) is 20.3 Å². The molecule has 0 aliphatic carbocycles. The molecular formula is C18H28N4O3. The summed E-state index contributed by atoms with van der Waals surface area (Å²) in [5.74, 6) is 0.973. The van der Waals surface area contributed by atoms with E-state index in [4.69, 9.17) is 4.52 Å². The number of nitrogens with one attached hydrogen (secondary N) is 1. The van der Waals surface area contributed by atoms with Crippen molar-refractivity contribution in [2.24, 2.45) is 5.92 Å². The van der Waals surface area contributed by atoms with Crippen LogP contribution in [0.4, 0.5) is 0 Å². The van der Waals surface area contributed by atoms with E-state index in [0.717, 1.165) is 19.5 Å². The molecule has 2 amide bonds. The zero-order valence-electron chi connectivity index (χ0n) is 15.8. The van der Waals surface area contributed by atoms with Crippen LogP contribution < -0.4 is 5.32 Å². The van der Waals surface area contributed by atoms with Crippen LogP contribution in [0.15, 0.2) is 4.52 Å². The number of carbonyl (C=O) groups excluding carboxylic acids is 2. The first-order valence-corrected chi connectivity index (χ1v) is 8.96. The second kappa shape index (κ2) is 6.44. The van der Waals surface area contributed by atoms with Gasteiger partial charge in [-0.15, -0.1) is 0 Å². The van der Waals surface area contributed by atoms with Gasteiger partial charge < -0.3 is 19.6 Å². The van der Waals surface area contributed by atoms with Crippen LogP contribution in [0.25, 0.3) is 0 Å². The molecule has 7 heteroatoms. The van der Waals surface area contributed by atoms with E-state index in [1.807, 2.05) is 18.7 Å². The molecule has 3 heterocycles. The third kappa shape index (κ3) is 3.17. The van der Waals surface area contributed by atoms with Crippen LogP contribution in [0, 0.1) is 12.8 Å². The monoisotopic (exact) mass is 348 g/mol. The Labute approximate surface area is 148 Å². The van der Waals surface area contributed by atoms with Crippen molar-refractivity contribution >= 4 is 11.8 Å². The maximum Gasteiger partial charge on any atom is 0.259 e. The lowest BCUT2D eigenvalue weighted by molar-refractivity contribution is -0.121. The molecule has 0 bridgehead atoms. The van der Waals surface area contributed by atoms with Crippen LogP contribution in [-0.4, -0.2) is 65.5 Å². The predicted molar refractivity (Wildman–Crippen MR) is 93.4 cm³/mol. The largest absolute Gasteiger partial charge is 0.361 e. The van der Waals surface area contributed by atoms with Gasteiger partial charge in [-0.1, -0.05) is 19.0 Å². The average Bonchev–Trinajstić information content (AvgIpc) is 3.04. The number of nitrogens with zero attached hydrogens (tertiary/aromatic N) is 3. The molecule has 2 aliphatic heterocycles. The van der Waals surface area contributed by atoms with Crippen molar-refractivity contribution in [2.45, 2.75) is 45.6 Å². The number of hydrogen-bond acceptors (Lipinski definition) is 5. The number of aryl methyl sites for hydroxylation is 1. The van der Waals surface area contributed by atoms with Crippen LogP contribution in [0.3, 0.4) is 0 Å². The van der Waals surface area contributed by atoms with E-state index in [0.29, 0.717) is 36.0 Å². The van der Waals surface area contributed by atoms with Crippen LogP contribution >= 0.6 is 0 Å². The van der Waals surface area contributed by atoms with Crippen molar-refractivity contribution in [1.29, 1.82) is 0 Å². The average molecular weight is 348 g/mol. The third-order valence-corrected chi connectivity index (χ3v) is 5.45. The second-order valence-corrected chi connectivity index (χ2v) is 7.90. The van der Waals surface area contributed by atoms with Gasteiger partial charge in [0.05, 0.1) is 11.2 Å². The molecule has 0 aromatic carbocycles. The molecule has 0 saturated carbocycles. The van der Waals surface area contributed by atoms with Gasteiger partial charge in [-0.05, 0) is 32.2 Å². The second-order valence-electron chi connectivity index (χ2n) is 7.90. The van der Waals surface area contributed by atoms with Gasteiger partial charge in [-0.2, -0.15) is 0 Å². The molecule has 3 rings (SSSR count). The molecule has 2 aliphatic rings. The van der Waals surface area contributed by atoms with Gasteiger partial charge in [-0.3, -0.25) is 9.59 Å². The van der Waals surface area contributed by atoms with Crippen molar-refractivity contribution in [2.75, 3.05) is 33.2 Å². The molecule has 1 aromatic rings. The number of fused-ring (bicyclic) bond motifs is 1. The predicted octanol–water partition coefficient (Wildman–Crippen LogP) is 1.39. The lowest BCUT2D eigenvalue weighted by Crippen LogP contribution is -2.64. The fourth-order valence-corrected chi connectivity index (χ4v) is 4.41. The number of aromatic nitrogens is 1. The first-order valence-electron chi connectivity index (χ1n) is 8.96. The van der Waals surface area contributed by atoms with Gasteiger partial charge in [0.2, 0.25) is 5.91 Å². The number of amides is 2. The Bertz CT molecular complexity index is 684. The van der Waals surface area contributed by atoms with Gasteiger partial charge in [0, 0.05) is 33.1 Å². The fraction of sp³-hybridized carbons (Fsp3) is 0.722. The Hall–Kier alpha value is -1.89. The SMILES string of the molecule is CC(=O)N[C@]12CN(C)C[C@H]1CCN(C(=O)c1c(C(C)C)noc1C)C2. The Morgan fingerprint density at radius 2 is 2.08 bits per heavy atom. The summed E-state index contributed by atoms with van der Waals surface area (Å²) in [5, 5.41) is 7.23. The number of hydrogen-bond donors (Lipinski definition) is 1. The molecule has 2 fully saturated rings. The highest BCUT2D eigenvalue weighted by Gasteiger charge is 2.50. The van der Waals surface area contributed by atoms with E-state index in [1.165, 1.54) is 0 Å². The molecular weight excluding hydrogens is 320 g/mol. The van der Waals surface area contributed by atoms with E-state index in [-0.39, 0.29) is 23.3 Å². The Balaban J connectivity index is 1.88. The van der Waals surface area contributed by atoms with E-state index >= 15 is 0 Å². The Morgan fingerprint density at radius 3 is 2.72 bits per heavy atom. The van der Waals surface area contributed by atoms with Crippen LogP contribution in [0.5, 0.6) is 0 Å². The van der Waals surface area contributed by atoms with Crippen LogP contribution in [0.1, 0.15) is 54.9 Å². The van der Waals surface area contributed by atoms with Gasteiger partial charge >= 0.3 is 0 Å². The molecule has 2 saturated heterocycles. The quantitative estimate of drug-likeness (QED) is 0.893. The fourth-order valence-electron chi connectivity index (χ4n) is 4.41. The Morgan fingerprint density at radius 1 is 1.36 bits per heavy atom. The van der Waals surface area contributed by atoms with Gasteiger partial charge in [0.15, 0.2) is 0 Å². The van der Waals surface area contributed by atoms with Crippen molar-refractivity contribution in [3.63, 3.8) is 0 Å². The van der Waals surface area contributed by atoms with Gasteiger partial charge in [0.1, 0.15) is 11.3 Å². The molecule has 25 heavy (non-hydrogen) atoms. The minimum absolute atomic E-state index is 0.0415. The lowest BCUT2D eigenvalue weighted by atomic mass is 9.80. The summed E-state index contributed by atoms with van der Waals surface area (Å²) in [6, 6.07) is 0. The summed E-state index contributed by atoms with van der Waals surface area (Å²) in [6.07, 6.45) is 0.887. The molecule has 0 spiro atoms. The Kier molecular flexibility index (Phi) is 4.62. The van der Waals surface area contributed by atoms with E-state index in [1.54, 1.807) is 13.8 Å². The van der Waals surface area contributed by atoms with Crippen LogP contribution in [0.2, 0.25) is 0 Å². The molecule has 2 atom stereocenters. The highest BCUT2D eigenvalue weighted by molar-refractivity contribution is 5.96. The summed E-state index contributed by atoms with van der Waals surface area (Å²) in [4.78, 5) is 29.1. The summed E-state index contributed by atoms with van der Waals surface area (Å²) < 4.78 is 5.29. The first-order chi connectivity index (χ1) is 11.7. The summed E-state index contributed by atoms with van der Waals surface area (Å²) in [6.45, 7) is 10.3. The van der Waals surface area contributed by atoms with E-state index in [2.05, 4.69) is 22.4 Å². The third-order valence-electron chi connectivity index (χ3n) is 5.45. The maximum atomic E-state index is 13.2. The molecule has 7 nitrogen and oxygen atoms in total. The summed E-state index contributed by atoms with van der Waals surface area (Å²) in [7, 11) is 2.06. The standard InChI is InChI=1S/C18H28N4O3/c1-11(2)16-15(12(3)25-20-16)17(24)22-7-6-14-8-21(5)9-18(14,10-22)19-13(4)23/h11,14H,6-10H2,1-5H3,(H,19,23)/t14-,18+/m1/s1. The van der Waals surface area contributed by atoms with Crippen LogP contribution in [-0.2, 0) is 4.79 Å². The number of likely N-dealkylation sites (tertiary alicyclic amines) is 2. The van der Waals surface area contributed by atoms with Crippen molar-refractivity contribution < 1.29 is 14.1 Å². The number of likely N-dealkylation sites (N-methyl/N-ethyl adjacent to an activating group) is 1.